The Hall–Kier alpha value is 0.110. The molecule has 1 heterocycles. The monoisotopic (exact) mass is 162 g/mol. The molecule has 0 aromatic carbocycles. The summed E-state index contributed by atoms with van der Waals surface area (Å²) in [5, 5.41) is 0. The molecule has 2 atom stereocenters. The molecule has 0 amide bonds. The predicted molar refractivity (Wildman–Crippen MR) is 42.5 cm³/mol. The number of unbranched alkanes of at least 4 members (excludes halogenated alkanes) is 1. The van der Waals surface area contributed by atoms with Gasteiger partial charge < -0.3 is 4.74 Å². The third-order valence-electron chi connectivity index (χ3n) is 1.50. The van der Waals surface area contributed by atoms with Crippen LogP contribution in [0.2, 0.25) is 0 Å². The highest BCUT2D eigenvalue weighted by Gasteiger charge is 2.24. The lowest BCUT2D eigenvalue weighted by molar-refractivity contribution is 0.424. The highest BCUT2D eigenvalue weighted by Crippen LogP contribution is 2.10. The van der Waals surface area contributed by atoms with Gasteiger partial charge >= 0.3 is 0 Å². The van der Waals surface area contributed by atoms with Gasteiger partial charge in [0.15, 0.2) is 0 Å². The SMILES string of the molecule is CCCCS(=O)CC1CO1. The average Bonchev–Trinajstić information content (AvgIpc) is 2.67. The molecule has 0 N–H and O–H groups in total. The average molecular weight is 162 g/mol. The molecule has 1 saturated heterocycles. The van der Waals surface area contributed by atoms with Crippen LogP contribution in [-0.2, 0) is 15.5 Å². The van der Waals surface area contributed by atoms with E-state index in [1.165, 1.54) is 0 Å². The van der Waals surface area contributed by atoms with Crippen molar-refractivity contribution in [2.24, 2.45) is 0 Å². The normalized spacial score (nSPS) is 26.3. The Bertz CT molecular complexity index is 121. The van der Waals surface area contributed by atoms with Crippen molar-refractivity contribution in [1.29, 1.82) is 0 Å². The summed E-state index contributed by atoms with van der Waals surface area (Å²) >= 11 is 0. The predicted octanol–water partition coefficient (Wildman–Crippen LogP) is 0.934. The summed E-state index contributed by atoms with van der Waals surface area (Å²) in [4.78, 5) is 0. The highest BCUT2D eigenvalue weighted by atomic mass is 32.2. The van der Waals surface area contributed by atoms with Gasteiger partial charge in [-0.3, -0.25) is 4.21 Å². The molecule has 0 aromatic rings. The summed E-state index contributed by atoms with van der Waals surface area (Å²) in [6.07, 6.45) is 2.55. The number of hydrogen-bond acceptors (Lipinski definition) is 2. The van der Waals surface area contributed by atoms with Crippen molar-refractivity contribution in [2.45, 2.75) is 25.9 Å². The molecular weight excluding hydrogens is 148 g/mol. The molecule has 1 rings (SSSR count). The molecule has 0 saturated carbocycles. The Balaban J connectivity index is 1.97. The van der Waals surface area contributed by atoms with E-state index in [0.29, 0.717) is 6.10 Å². The second-order valence-electron chi connectivity index (χ2n) is 2.62. The van der Waals surface area contributed by atoms with Crippen LogP contribution in [0.25, 0.3) is 0 Å². The van der Waals surface area contributed by atoms with Crippen molar-refractivity contribution in [3.05, 3.63) is 0 Å². The van der Waals surface area contributed by atoms with E-state index in [4.69, 9.17) is 4.74 Å². The van der Waals surface area contributed by atoms with Crippen LogP contribution in [0, 0.1) is 0 Å². The van der Waals surface area contributed by atoms with Gasteiger partial charge in [-0.2, -0.15) is 0 Å². The molecule has 1 aliphatic rings. The van der Waals surface area contributed by atoms with Crippen molar-refractivity contribution in [2.75, 3.05) is 18.1 Å². The van der Waals surface area contributed by atoms with Crippen LogP contribution in [0.1, 0.15) is 19.8 Å². The second-order valence-corrected chi connectivity index (χ2v) is 4.24. The molecule has 3 heteroatoms. The van der Waals surface area contributed by atoms with Crippen LogP contribution in [0.4, 0.5) is 0 Å². The van der Waals surface area contributed by atoms with Crippen molar-refractivity contribution in [3.8, 4) is 0 Å². The first-order valence-electron chi connectivity index (χ1n) is 3.79. The zero-order chi connectivity index (χ0) is 7.40. The summed E-state index contributed by atoms with van der Waals surface area (Å²) in [6, 6.07) is 0. The molecule has 0 bridgehead atoms. The molecule has 0 spiro atoms. The molecule has 0 radical (unpaired) electrons. The van der Waals surface area contributed by atoms with Gasteiger partial charge in [-0.25, -0.2) is 0 Å². The van der Waals surface area contributed by atoms with Crippen LogP contribution in [0.3, 0.4) is 0 Å². The second kappa shape index (κ2) is 4.09. The molecule has 1 fully saturated rings. The van der Waals surface area contributed by atoms with Gasteiger partial charge in [0, 0.05) is 16.6 Å². The smallest absolute Gasteiger partial charge is 0.0924 e. The summed E-state index contributed by atoms with van der Waals surface area (Å²) in [5.41, 5.74) is 0. The minimum atomic E-state index is -0.613. The van der Waals surface area contributed by atoms with Crippen LogP contribution in [-0.4, -0.2) is 28.4 Å². The minimum absolute atomic E-state index is 0.331. The number of epoxide rings is 1. The van der Waals surface area contributed by atoms with Crippen LogP contribution >= 0.6 is 0 Å². The van der Waals surface area contributed by atoms with Crippen LogP contribution in [0.5, 0.6) is 0 Å². The Labute approximate surface area is 64.4 Å². The maximum Gasteiger partial charge on any atom is 0.0924 e. The zero-order valence-corrected chi connectivity index (χ0v) is 7.15. The molecule has 10 heavy (non-hydrogen) atoms. The van der Waals surface area contributed by atoms with E-state index in [0.717, 1.165) is 31.0 Å². The van der Waals surface area contributed by atoms with E-state index in [1.807, 2.05) is 0 Å². The lowest BCUT2D eigenvalue weighted by atomic mass is 10.4. The fourth-order valence-corrected chi connectivity index (χ4v) is 2.14. The number of rotatable bonds is 5. The van der Waals surface area contributed by atoms with Gasteiger partial charge in [0.25, 0.3) is 0 Å². The van der Waals surface area contributed by atoms with E-state index >= 15 is 0 Å². The summed E-state index contributed by atoms with van der Waals surface area (Å²) in [7, 11) is -0.613. The van der Waals surface area contributed by atoms with Crippen LogP contribution in [0.15, 0.2) is 0 Å². The minimum Gasteiger partial charge on any atom is -0.372 e. The maximum absolute atomic E-state index is 11.1. The topological polar surface area (TPSA) is 29.6 Å². The van der Waals surface area contributed by atoms with E-state index < -0.39 is 10.8 Å². The first-order valence-corrected chi connectivity index (χ1v) is 5.28. The van der Waals surface area contributed by atoms with E-state index in [2.05, 4.69) is 6.92 Å². The van der Waals surface area contributed by atoms with Crippen molar-refractivity contribution in [3.63, 3.8) is 0 Å². The lowest BCUT2D eigenvalue weighted by Crippen LogP contribution is -2.07. The fourth-order valence-electron chi connectivity index (χ4n) is 0.760. The lowest BCUT2D eigenvalue weighted by Gasteiger charge is -1.95. The Kier molecular flexibility index (Phi) is 3.35. The number of ether oxygens (including phenoxy) is 1. The van der Waals surface area contributed by atoms with Gasteiger partial charge in [0.2, 0.25) is 0 Å². The fraction of sp³-hybridized carbons (Fsp3) is 1.00. The van der Waals surface area contributed by atoms with Gasteiger partial charge in [-0.15, -0.1) is 0 Å². The van der Waals surface area contributed by atoms with Gasteiger partial charge in [0.05, 0.1) is 18.5 Å². The number of hydrogen-bond donors (Lipinski definition) is 0. The largest absolute Gasteiger partial charge is 0.372 e. The summed E-state index contributed by atoms with van der Waals surface area (Å²) in [5.74, 6) is 1.62. The van der Waals surface area contributed by atoms with Crippen molar-refractivity contribution >= 4 is 10.8 Å². The first kappa shape index (κ1) is 8.21. The summed E-state index contributed by atoms with van der Waals surface area (Å²) in [6.45, 7) is 2.95. The maximum atomic E-state index is 11.1. The van der Waals surface area contributed by atoms with Crippen LogP contribution < -0.4 is 0 Å². The molecule has 60 valence electrons. The molecule has 0 aliphatic carbocycles. The third kappa shape index (κ3) is 3.32. The molecule has 1 aliphatic heterocycles. The van der Waals surface area contributed by atoms with Gasteiger partial charge in [0.1, 0.15) is 0 Å². The first-order chi connectivity index (χ1) is 4.83. The van der Waals surface area contributed by atoms with Crippen molar-refractivity contribution < 1.29 is 8.95 Å². The highest BCUT2D eigenvalue weighted by molar-refractivity contribution is 7.85. The molecule has 2 nitrogen and oxygen atoms in total. The molecule has 0 aromatic heterocycles. The zero-order valence-electron chi connectivity index (χ0n) is 6.34. The standard InChI is InChI=1S/C7H14O2S/c1-2-3-4-10(8)6-7-5-9-7/h7H,2-6H2,1H3. The summed E-state index contributed by atoms with van der Waals surface area (Å²) < 4.78 is 16.0. The Morgan fingerprint density at radius 2 is 2.40 bits per heavy atom. The van der Waals surface area contributed by atoms with E-state index in [9.17, 15) is 4.21 Å². The third-order valence-corrected chi connectivity index (χ3v) is 2.99. The molecule has 2 unspecified atom stereocenters. The van der Waals surface area contributed by atoms with E-state index in [1.54, 1.807) is 0 Å². The molecular formula is C7H14O2S. The van der Waals surface area contributed by atoms with Gasteiger partial charge in [-0.1, -0.05) is 13.3 Å². The van der Waals surface area contributed by atoms with Gasteiger partial charge in [-0.05, 0) is 6.42 Å². The van der Waals surface area contributed by atoms with E-state index in [-0.39, 0.29) is 0 Å². The van der Waals surface area contributed by atoms with Crippen molar-refractivity contribution in [1.82, 2.24) is 0 Å². The Morgan fingerprint density at radius 3 is 2.90 bits per heavy atom. The Morgan fingerprint density at radius 1 is 1.70 bits per heavy atom. The quantitative estimate of drug-likeness (QED) is 0.563.